The van der Waals surface area contributed by atoms with E-state index >= 15 is 0 Å². The third kappa shape index (κ3) is 5.01. The van der Waals surface area contributed by atoms with Crippen LogP contribution in [0.3, 0.4) is 0 Å². The van der Waals surface area contributed by atoms with Gasteiger partial charge in [0.15, 0.2) is 17.5 Å². The zero-order valence-electron chi connectivity index (χ0n) is 30.4. The molecule has 8 aromatic carbocycles. The van der Waals surface area contributed by atoms with Crippen molar-refractivity contribution in [2.24, 2.45) is 0 Å². The van der Waals surface area contributed by atoms with Gasteiger partial charge in [-0.1, -0.05) is 127 Å². The number of hydrogen-bond acceptors (Lipinski definition) is 5. The fourth-order valence-electron chi connectivity index (χ4n) is 8.41. The fraction of sp³-hybridized carbons (Fsp3) is 0. The lowest BCUT2D eigenvalue weighted by atomic mass is 10.0. The van der Waals surface area contributed by atoms with Crippen molar-refractivity contribution in [1.29, 1.82) is 0 Å². The molecule has 12 aromatic rings. The maximum Gasteiger partial charge on any atom is 0.164 e. The lowest BCUT2D eigenvalue weighted by molar-refractivity contribution is 0.668. The monoisotopic (exact) mass is 730 g/mol. The van der Waals surface area contributed by atoms with Gasteiger partial charge in [0, 0.05) is 60.8 Å². The zero-order valence-corrected chi connectivity index (χ0v) is 30.4. The maximum atomic E-state index is 6.70. The third-order valence-electron chi connectivity index (χ3n) is 11.1. The second kappa shape index (κ2) is 12.3. The summed E-state index contributed by atoms with van der Waals surface area (Å²) < 4.78 is 15.3. The van der Waals surface area contributed by atoms with Gasteiger partial charge in [-0.3, -0.25) is 0 Å². The van der Waals surface area contributed by atoms with Gasteiger partial charge >= 0.3 is 0 Å². The van der Waals surface area contributed by atoms with E-state index in [4.69, 9.17) is 23.8 Å². The van der Waals surface area contributed by atoms with Crippen LogP contribution in [0.25, 0.3) is 117 Å². The average Bonchev–Trinajstić information content (AvgIpc) is 3.95. The molecule has 0 unspecified atom stereocenters. The summed E-state index contributed by atoms with van der Waals surface area (Å²) in [5.41, 5.74) is 11.5. The molecule has 6 heteroatoms. The Morgan fingerprint density at radius 3 is 1.77 bits per heavy atom. The molecule has 0 bridgehead atoms. The molecule has 0 saturated carbocycles. The Morgan fingerprint density at radius 1 is 0.333 bits per heavy atom. The van der Waals surface area contributed by atoms with Crippen LogP contribution in [0.5, 0.6) is 0 Å². The topological polar surface area (TPSA) is 69.9 Å². The average molecular weight is 731 g/mol. The van der Waals surface area contributed by atoms with Gasteiger partial charge in [0.2, 0.25) is 0 Å². The number of furan rings is 2. The molecule has 0 aliphatic rings. The quantitative estimate of drug-likeness (QED) is 0.176. The van der Waals surface area contributed by atoms with Gasteiger partial charge in [-0.15, -0.1) is 0 Å². The van der Waals surface area contributed by atoms with Crippen LogP contribution in [0.4, 0.5) is 0 Å². The summed E-state index contributed by atoms with van der Waals surface area (Å²) in [6.07, 6.45) is 0. The summed E-state index contributed by atoms with van der Waals surface area (Å²) in [6.45, 7) is 0. The molecule has 6 nitrogen and oxygen atoms in total. The van der Waals surface area contributed by atoms with E-state index in [0.717, 1.165) is 77.3 Å². The van der Waals surface area contributed by atoms with E-state index in [-0.39, 0.29) is 0 Å². The Morgan fingerprint density at radius 2 is 0.930 bits per heavy atom. The van der Waals surface area contributed by atoms with Crippen molar-refractivity contribution in [2.45, 2.75) is 0 Å². The molecule has 0 fully saturated rings. The first-order valence-electron chi connectivity index (χ1n) is 19.0. The van der Waals surface area contributed by atoms with Gasteiger partial charge in [-0.25, -0.2) is 15.0 Å². The zero-order chi connectivity index (χ0) is 37.5. The first kappa shape index (κ1) is 31.5. The molecule has 0 aliphatic carbocycles. The van der Waals surface area contributed by atoms with Gasteiger partial charge in [-0.2, -0.15) is 0 Å². The molecule has 57 heavy (non-hydrogen) atoms. The van der Waals surface area contributed by atoms with E-state index in [9.17, 15) is 0 Å². The van der Waals surface area contributed by atoms with Crippen molar-refractivity contribution in [1.82, 2.24) is 19.5 Å². The number of nitrogens with zero attached hydrogens (tertiary/aromatic N) is 4. The number of hydrogen-bond donors (Lipinski definition) is 0. The first-order valence-corrected chi connectivity index (χ1v) is 19.0. The number of aromatic nitrogens is 4. The molecule has 266 valence electrons. The second-order valence-electron chi connectivity index (χ2n) is 14.4. The van der Waals surface area contributed by atoms with Crippen molar-refractivity contribution >= 4 is 65.7 Å². The summed E-state index contributed by atoms with van der Waals surface area (Å²) in [4.78, 5) is 15.2. The minimum absolute atomic E-state index is 0.561. The highest BCUT2D eigenvalue weighted by Gasteiger charge is 2.20. The van der Waals surface area contributed by atoms with E-state index in [1.54, 1.807) is 0 Å². The SMILES string of the molecule is c1ccc(-c2ccc3c4ccccc4n(-c4ccc5c(c4)oc4cc(-c6nc(-c7ccccc7)nc(-c7cccc8oc9ccccc9c78)n6)ccc45)c3c2)cc1. The third-order valence-corrected chi connectivity index (χ3v) is 11.1. The molecule has 0 aliphatic heterocycles. The Kier molecular flexibility index (Phi) is 6.83. The highest BCUT2D eigenvalue weighted by atomic mass is 16.3. The Hall–Kier alpha value is -7.83. The van der Waals surface area contributed by atoms with Crippen LogP contribution in [-0.4, -0.2) is 19.5 Å². The van der Waals surface area contributed by atoms with E-state index in [0.29, 0.717) is 17.5 Å². The van der Waals surface area contributed by atoms with Crippen molar-refractivity contribution in [3.63, 3.8) is 0 Å². The number of para-hydroxylation sites is 2. The van der Waals surface area contributed by atoms with E-state index in [1.807, 2.05) is 66.7 Å². The molecule has 0 atom stereocenters. The minimum Gasteiger partial charge on any atom is -0.456 e. The van der Waals surface area contributed by atoms with Crippen LogP contribution < -0.4 is 0 Å². The largest absolute Gasteiger partial charge is 0.456 e. The molecule has 0 amide bonds. The minimum atomic E-state index is 0.561. The predicted octanol–water partition coefficient (Wildman–Crippen LogP) is 13.4. The van der Waals surface area contributed by atoms with Crippen molar-refractivity contribution in [3.8, 4) is 51.0 Å². The van der Waals surface area contributed by atoms with E-state index in [1.165, 1.54) is 21.9 Å². The standard InChI is InChI=1S/C51H30N4O2/c1-3-12-31(13-4-1)33-22-25-37-36-16-7-9-19-42(36)55(43(37)28-33)35-24-27-39-38-26-23-34(29-46(38)57-47(39)30-35)50-52-49(32-14-5-2-6-15-32)53-51(54-50)41-18-11-21-45-48(41)40-17-8-10-20-44(40)56-45/h1-30H. The maximum absolute atomic E-state index is 6.70. The number of benzene rings is 8. The Bertz CT molecular complexity index is 3530. The Labute approximate surface area is 325 Å². The summed E-state index contributed by atoms with van der Waals surface area (Å²) in [5, 5.41) is 6.50. The van der Waals surface area contributed by atoms with Crippen LogP contribution in [-0.2, 0) is 0 Å². The summed E-state index contributed by atoms with van der Waals surface area (Å²) >= 11 is 0. The molecular weight excluding hydrogens is 701 g/mol. The van der Waals surface area contributed by atoms with Crippen LogP contribution in [0.2, 0.25) is 0 Å². The number of rotatable bonds is 5. The molecular formula is C51H30N4O2. The predicted molar refractivity (Wildman–Crippen MR) is 230 cm³/mol. The van der Waals surface area contributed by atoms with Gasteiger partial charge in [0.1, 0.15) is 22.3 Å². The van der Waals surface area contributed by atoms with Gasteiger partial charge < -0.3 is 13.4 Å². The van der Waals surface area contributed by atoms with Crippen LogP contribution in [0.15, 0.2) is 191 Å². The van der Waals surface area contributed by atoms with Crippen molar-refractivity contribution < 1.29 is 8.83 Å². The van der Waals surface area contributed by atoms with Crippen LogP contribution in [0, 0.1) is 0 Å². The highest BCUT2D eigenvalue weighted by molar-refractivity contribution is 6.13. The van der Waals surface area contributed by atoms with E-state index in [2.05, 4.69) is 120 Å². The lowest BCUT2D eigenvalue weighted by Crippen LogP contribution is -2.00. The molecule has 0 spiro atoms. The smallest absolute Gasteiger partial charge is 0.164 e. The van der Waals surface area contributed by atoms with Crippen molar-refractivity contribution in [3.05, 3.63) is 182 Å². The van der Waals surface area contributed by atoms with E-state index < -0.39 is 0 Å². The molecule has 0 N–H and O–H groups in total. The fourth-order valence-corrected chi connectivity index (χ4v) is 8.41. The van der Waals surface area contributed by atoms with Crippen LogP contribution in [0.1, 0.15) is 0 Å². The first-order chi connectivity index (χ1) is 28.2. The Balaban J connectivity index is 1.01. The van der Waals surface area contributed by atoms with Gasteiger partial charge in [0.25, 0.3) is 0 Å². The molecule has 0 radical (unpaired) electrons. The highest BCUT2D eigenvalue weighted by Crippen LogP contribution is 2.39. The summed E-state index contributed by atoms with van der Waals surface area (Å²) in [7, 11) is 0. The number of fused-ring (bicyclic) bond motifs is 9. The molecule has 4 aromatic heterocycles. The van der Waals surface area contributed by atoms with Crippen molar-refractivity contribution in [2.75, 3.05) is 0 Å². The second-order valence-corrected chi connectivity index (χ2v) is 14.4. The lowest BCUT2D eigenvalue weighted by Gasteiger charge is -2.09. The molecule has 12 rings (SSSR count). The molecule has 4 heterocycles. The van der Waals surface area contributed by atoms with Gasteiger partial charge in [-0.05, 0) is 59.7 Å². The van der Waals surface area contributed by atoms with Crippen LogP contribution >= 0.6 is 0 Å². The summed E-state index contributed by atoms with van der Waals surface area (Å²) in [5.74, 6) is 1.73. The molecule has 0 saturated heterocycles. The van der Waals surface area contributed by atoms with Gasteiger partial charge in [0.05, 0.1) is 11.0 Å². The normalized spacial score (nSPS) is 11.9. The summed E-state index contributed by atoms with van der Waals surface area (Å²) in [6, 6.07) is 62.8.